The van der Waals surface area contributed by atoms with Gasteiger partial charge in [-0.15, -0.1) is 0 Å². The van der Waals surface area contributed by atoms with Gasteiger partial charge in [0.2, 0.25) is 0 Å². The highest BCUT2D eigenvalue weighted by Gasteiger charge is 2.48. The van der Waals surface area contributed by atoms with E-state index in [0.29, 0.717) is 19.1 Å². The van der Waals surface area contributed by atoms with Gasteiger partial charge in [-0.3, -0.25) is 4.79 Å². The highest BCUT2D eigenvalue weighted by Crippen LogP contribution is 2.42. The van der Waals surface area contributed by atoms with Gasteiger partial charge in [0, 0.05) is 12.3 Å². The Labute approximate surface area is 139 Å². The van der Waals surface area contributed by atoms with Crippen molar-refractivity contribution in [2.45, 2.75) is 59.0 Å². The molecule has 0 bridgehead atoms. The number of nitrogens with one attached hydrogen (secondary N) is 1. The van der Waals surface area contributed by atoms with Crippen LogP contribution in [-0.2, 0) is 9.53 Å². The van der Waals surface area contributed by atoms with Crippen molar-refractivity contribution in [3.8, 4) is 5.75 Å². The summed E-state index contributed by atoms with van der Waals surface area (Å²) < 4.78 is 11.6. The topological polar surface area (TPSA) is 47.6 Å². The molecule has 0 unspecified atom stereocenters. The number of rotatable bonds is 9. The van der Waals surface area contributed by atoms with E-state index in [-0.39, 0.29) is 5.91 Å². The zero-order valence-electron chi connectivity index (χ0n) is 14.8. The van der Waals surface area contributed by atoms with Crippen LogP contribution in [0.3, 0.4) is 0 Å². The second-order valence-electron chi connectivity index (χ2n) is 6.51. The zero-order valence-corrected chi connectivity index (χ0v) is 14.8. The minimum absolute atomic E-state index is 0.0462. The number of hydrogen-bond acceptors (Lipinski definition) is 3. The molecule has 0 heterocycles. The minimum atomic E-state index is -0.721. The molecule has 1 atom stereocenters. The lowest BCUT2D eigenvalue weighted by Gasteiger charge is -2.28. The predicted molar refractivity (Wildman–Crippen MR) is 93.0 cm³/mol. The van der Waals surface area contributed by atoms with E-state index in [1.54, 1.807) is 0 Å². The zero-order chi connectivity index (χ0) is 16.9. The van der Waals surface area contributed by atoms with Crippen LogP contribution < -0.4 is 10.1 Å². The third-order valence-electron chi connectivity index (χ3n) is 4.31. The number of carbonyl (C=O) groups is 1. The Kier molecular flexibility index (Phi) is 6.05. The summed E-state index contributed by atoms with van der Waals surface area (Å²) in [5.41, 5.74) is 1.10. The molecule has 1 aromatic rings. The number of benzene rings is 1. The molecule has 0 spiro atoms. The Morgan fingerprint density at radius 1 is 1.26 bits per heavy atom. The van der Waals surface area contributed by atoms with E-state index in [9.17, 15) is 4.79 Å². The van der Waals surface area contributed by atoms with Gasteiger partial charge in [-0.1, -0.05) is 13.8 Å². The molecule has 23 heavy (non-hydrogen) atoms. The molecular weight excluding hydrogens is 290 g/mol. The van der Waals surface area contributed by atoms with Crippen molar-refractivity contribution in [3.05, 3.63) is 23.8 Å². The van der Waals surface area contributed by atoms with Crippen LogP contribution in [0, 0.1) is 12.8 Å². The molecule has 2 rings (SSSR count). The molecule has 128 valence electrons. The fourth-order valence-corrected chi connectivity index (χ4v) is 2.67. The summed E-state index contributed by atoms with van der Waals surface area (Å²) in [4.78, 5) is 12.7. The lowest BCUT2D eigenvalue weighted by molar-refractivity contribution is -0.142. The van der Waals surface area contributed by atoms with Crippen molar-refractivity contribution in [2.24, 2.45) is 5.92 Å². The van der Waals surface area contributed by atoms with Gasteiger partial charge >= 0.3 is 0 Å². The maximum atomic E-state index is 12.7. The lowest BCUT2D eigenvalue weighted by Crippen LogP contribution is -2.45. The van der Waals surface area contributed by atoms with Crippen molar-refractivity contribution < 1.29 is 14.3 Å². The number of aryl methyl sites for hydroxylation is 1. The first-order valence-electron chi connectivity index (χ1n) is 8.70. The minimum Gasteiger partial charge on any atom is -0.493 e. The molecule has 1 N–H and O–H groups in total. The Balaban J connectivity index is 2.05. The molecule has 4 heteroatoms. The van der Waals surface area contributed by atoms with Gasteiger partial charge in [-0.25, -0.2) is 0 Å². The lowest BCUT2D eigenvalue weighted by atomic mass is 9.98. The molecule has 1 amide bonds. The van der Waals surface area contributed by atoms with E-state index in [2.05, 4.69) is 19.2 Å². The number of carbonyl (C=O) groups excluding carboxylic acids is 1. The maximum Gasteiger partial charge on any atom is 0.256 e. The van der Waals surface area contributed by atoms with Gasteiger partial charge in [0.05, 0.1) is 6.61 Å². The normalized spacial score (nSPS) is 16.7. The first kappa shape index (κ1) is 17.8. The van der Waals surface area contributed by atoms with Crippen LogP contribution in [0.2, 0.25) is 0 Å². The highest BCUT2D eigenvalue weighted by molar-refractivity contribution is 5.97. The van der Waals surface area contributed by atoms with Crippen LogP contribution in [0.1, 0.15) is 52.0 Å². The monoisotopic (exact) mass is 319 g/mol. The quantitative estimate of drug-likeness (QED) is 0.737. The third-order valence-corrected chi connectivity index (χ3v) is 4.31. The summed E-state index contributed by atoms with van der Waals surface area (Å²) in [6, 6.07) is 5.76. The number of anilines is 1. The Morgan fingerprint density at radius 3 is 2.52 bits per heavy atom. The summed E-state index contributed by atoms with van der Waals surface area (Å²) in [6.45, 7) is 9.37. The van der Waals surface area contributed by atoms with E-state index in [0.717, 1.165) is 42.7 Å². The second kappa shape index (κ2) is 7.82. The summed E-state index contributed by atoms with van der Waals surface area (Å²) in [5.74, 6) is 1.16. The third kappa shape index (κ3) is 4.47. The predicted octanol–water partition coefficient (Wildman–Crippen LogP) is 4.32. The first-order chi connectivity index (χ1) is 11.0. The van der Waals surface area contributed by atoms with E-state index in [1.165, 1.54) is 0 Å². The SMILES string of the molecule is CCCOc1ccc(NC(=O)[C@@](C)(OCCC)C2CC2)cc1C. The molecule has 1 fully saturated rings. The van der Waals surface area contributed by atoms with Crippen molar-refractivity contribution >= 4 is 11.6 Å². The average Bonchev–Trinajstić information content (AvgIpc) is 3.37. The van der Waals surface area contributed by atoms with Crippen molar-refractivity contribution in [1.82, 2.24) is 0 Å². The van der Waals surface area contributed by atoms with E-state index in [4.69, 9.17) is 9.47 Å². The molecule has 4 nitrogen and oxygen atoms in total. The van der Waals surface area contributed by atoms with Gasteiger partial charge in [0.25, 0.3) is 5.91 Å². The van der Waals surface area contributed by atoms with Crippen LogP contribution in [0.15, 0.2) is 18.2 Å². The molecule has 0 aromatic heterocycles. The van der Waals surface area contributed by atoms with E-state index < -0.39 is 5.60 Å². The Morgan fingerprint density at radius 2 is 1.96 bits per heavy atom. The summed E-state index contributed by atoms with van der Waals surface area (Å²) >= 11 is 0. The Hall–Kier alpha value is -1.55. The second-order valence-corrected chi connectivity index (χ2v) is 6.51. The maximum absolute atomic E-state index is 12.7. The van der Waals surface area contributed by atoms with E-state index >= 15 is 0 Å². The summed E-state index contributed by atoms with van der Waals surface area (Å²) in [6.07, 6.45) is 4.03. The Bertz CT molecular complexity index is 539. The number of ether oxygens (including phenoxy) is 2. The summed E-state index contributed by atoms with van der Waals surface area (Å²) in [7, 11) is 0. The molecule has 0 saturated heterocycles. The molecular formula is C19H29NO3. The number of hydrogen-bond donors (Lipinski definition) is 1. The van der Waals surface area contributed by atoms with Gasteiger partial charge in [0.1, 0.15) is 11.4 Å². The average molecular weight is 319 g/mol. The smallest absolute Gasteiger partial charge is 0.256 e. The van der Waals surface area contributed by atoms with Gasteiger partial charge in [0.15, 0.2) is 0 Å². The van der Waals surface area contributed by atoms with Crippen molar-refractivity contribution in [1.29, 1.82) is 0 Å². The number of amides is 1. The van der Waals surface area contributed by atoms with Crippen LogP contribution in [0.4, 0.5) is 5.69 Å². The van der Waals surface area contributed by atoms with Gasteiger partial charge < -0.3 is 14.8 Å². The molecule has 1 saturated carbocycles. The van der Waals surface area contributed by atoms with Gasteiger partial charge in [-0.2, -0.15) is 0 Å². The molecule has 1 aliphatic rings. The fraction of sp³-hybridized carbons (Fsp3) is 0.632. The standard InChI is InChI=1S/C19H29NO3/c1-5-11-22-17-10-9-16(13-14(17)3)20-18(21)19(4,15-7-8-15)23-12-6-2/h9-10,13,15H,5-8,11-12H2,1-4H3,(H,20,21)/t19-/m0/s1. The van der Waals surface area contributed by atoms with E-state index in [1.807, 2.05) is 32.0 Å². The van der Waals surface area contributed by atoms with Crippen LogP contribution in [0.25, 0.3) is 0 Å². The first-order valence-corrected chi connectivity index (χ1v) is 8.70. The molecule has 0 aliphatic heterocycles. The molecule has 1 aliphatic carbocycles. The molecule has 0 radical (unpaired) electrons. The van der Waals surface area contributed by atoms with Crippen LogP contribution >= 0.6 is 0 Å². The van der Waals surface area contributed by atoms with Crippen LogP contribution in [0.5, 0.6) is 5.75 Å². The highest BCUT2D eigenvalue weighted by atomic mass is 16.5. The summed E-state index contributed by atoms with van der Waals surface area (Å²) in [5, 5.41) is 3.02. The van der Waals surface area contributed by atoms with Gasteiger partial charge in [-0.05, 0) is 69.2 Å². The van der Waals surface area contributed by atoms with Crippen molar-refractivity contribution in [3.63, 3.8) is 0 Å². The van der Waals surface area contributed by atoms with Crippen molar-refractivity contribution in [2.75, 3.05) is 18.5 Å². The fourth-order valence-electron chi connectivity index (χ4n) is 2.67. The molecule has 1 aromatic carbocycles. The van der Waals surface area contributed by atoms with Crippen LogP contribution in [-0.4, -0.2) is 24.7 Å². The largest absolute Gasteiger partial charge is 0.493 e.